The molecule has 136 valence electrons. The number of primary sulfonamides is 1. The average Bonchev–Trinajstić information content (AvgIpc) is 2.51. The summed E-state index contributed by atoms with van der Waals surface area (Å²) in [5.74, 6) is 0. The molecule has 0 aromatic heterocycles. The number of benzene rings is 2. The monoisotopic (exact) mass is 382 g/mol. The van der Waals surface area contributed by atoms with Gasteiger partial charge in [-0.2, -0.15) is 0 Å². The maximum absolute atomic E-state index is 12.3. The maximum Gasteiger partial charge on any atom is 0.240 e. The standard InChI is InChI=1S/C17H22N2O4S2/c1-13-5-10-17(14(2)12-13)25(22,23)19-11-3-4-15-6-8-16(9-7-15)24(18,20)21/h5-10,12,19H,3-4,11H2,1-2H3,(H2,18,20,21). The third-order valence-electron chi connectivity index (χ3n) is 3.81. The molecule has 0 aliphatic heterocycles. The Bertz CT molecular complexity index is 951. The highest BCUT2D eigenvalue weighted by molar-refractivity contribution is 7.89. The molecule has 0 saturated heterocycles. The van der Waals surface area contributed by atoms with Crippen molar-refractivity contribution in [2.45, 2.75) is 36.5 Å². The Morgan fingerprint density at radius 1 is 0.960 bits per heavy atom. The van der Waals surface area contributed by atoms with Gasteiger partial charge in [-0.25, -0.2) is 26.7 Å². The Morgan fingerprint density at radius 2 is 1.60 bits per heavy atom. The molecule has 3 N–H and O–H groups in total. The molecule has 0 amide bonds. The molecule has 0 aliphatic rings. The Morgan fingerprint density at radius 3 is 2.16 bits per heavy atom. The second-order valence-electron chi connectivity index (χ2n) is 5.96. The topological polar surface area (TPSA) is 106 Å². The maximum atomic E-state index is 12.3. The minimum Gasteiger partial charge on any atom is -0.225 e. The molecule has 2 aromatic carbocycles. The number of rotatable bonds is 7. The van der Waals surface area contributed by atoms with Crippen LogP contribution in [-0.2, 0) is 26.5 Å². The molecule has 0 saturated carbocycles. The Hall–Kier alpha value is -1.74. The van der Waals surface area contributed by atoms with E-state index >= 15 is 0 Å². The molecule has 0 spiro atoms. The second kappa shape index (κ2) is 7.65. The highest BCUT2D eigenvalue weighted by atomic mass is 32.2. The van der Waals surface area contributed by atoms with E-state index < -0.39 is 20.0 Å². The fourth-order valence-corrected chi connectivity index (χ4v) is 4.34. The number of sulfonamides is 2. The molecule has 8 heteroatoms. The summed E-state index contributed by atoms with van der Waals surface area (Å²) in [6.07, 6.45) is 1.22. The number of aryl methyl sites for hydroxylation is 3. The SMILES string of the molecule is Cc1ccc(S(=O)(=O)NCCCc2ccc(S(N)(=O)=O)cc2)c(C)c1. The van der Waals surface area contributed by atoms with Crippen molar-refractivity contribution in [2.24, 2.45) is 5.14 Å². The molecule has 0 unspecified atom stereocenters. The smallest absolute Gasteiger partial charge is 0.225 e. The fourth-order valence-electron chi connectivity index (χ4n) is 2.52. The van der Waals surface area contributed by atoms with Crippen molar-refractivity contribution in [1.29, 1.82) is 0 Å². The third kappa shape index (κ3) is 5.37. The van der Waals surface area contributed by atoms with Crippen LogP contribution < -0.4 is 9.86 Å². The normalized spacial score (nSPS) is 12.3. The van der Waals surface area contributed by atoms with Crippen LogP contribution >= 0.6 is 0 Å². The Balaban J connectivity index is 1.92. The van der Waals surface area contributed by atoms with E-state index in [1.54, 1.807) is 31.2 Å². The predicted octanol–water partition coefficient (Wildman–Crippen LogP) is 1.86. The zero-order chi connectivity index (χ0) is 18.7. The van der Waals surface area contributed by atoms with E-state index in [9.17, 15) is 16.8 Å². The van der Waals surface area contributed by atoms with Crippen LogP contribution in [0.5, 0.6) is 0 Å². The average molecular weight is 383 g/mol. The van der Waals surface area contributed by atoms with Gasteiger partial charge < -0.3 is 0 Å². The summed E-state index contributed by atoms with van der Waals surface area (Å²) < 4.78 is 49.7. The summed E-state index contributed by atoms with van der Waals surface area (Å²) in [7, 11) is -7.23. The molecule has 25 heavy (non-hydrogen) atoms. The molecule has 0 bridgehead atoms. The van der Waals surface area contributed by atoms with E-state index in [0.717, 1.165) is 11.1 Å². The molecule has 0 atom stereocenters. The zero-order valence-corrected chi connectivity index (χ0v) is 15.8. The summed E-state index contributed by atoms with van der Waals surface area (Å²) in [6, 6.07) is 11.5. The van der Waals surface area contributed by atoms with Gasteiger partial charge >= 0.3 is 0 Å². The van der Waals surface area contributed by atoms with Crippen molar-refractivity contribution in [3.8, 4) is 0 Å². The van der Waals surface area contributed by atoms with Crippen molar-refractivity contribution in [2.75, 3.05) is 6.54 Å². The van der Waals surface area contributed by atoms with Gasteiger partial charge in [0.25, 0.3) is 0 Å². The lowest BCUT2D eigenvalue weighted by atomic mass is 10.1. The van der Waals surface area contributed by atoms with Crippen LogP contribution in [0.2, 0.25) is 0 Å². The van der Waals surface area contributed by atoms with E-state index in [1.165, 1.54) is 12.1 Å². The largest absolute Gasteiger partial charge is 0.240 e. The van der Waals surface area contributed by atoms with Crippen molar-refractivity contribution < 1.29 is 16.8 Å². The zero-order valence-electron chi connectivity index (χ0n) is 14.2. The van der Waals surface area contributed by atoms with Gasteiger partial charge in [0.15, 0.2) is 0 Å². The van der Waals surface area contributed by atoms with E-state index in [-0.39, 0.29) is 9.79 Å². The molecule has 0 aliphatic carbocycles. The molecule has 0 radical (unpaired) electrons. The van der Waals surface area contributed by atoms with E-state index in [1.807, 2.05) is 13.0 Å². The Kier molecular flexibility index (Phi) is 5.99. The van der Waals surface area contributed by atoms with Gasteiger partial charge in [0.2, 0.25) is 20.0 Å². The van der Waals surface area contributed by atoms with Gasteiger partial charge in [-0.3, -0.25) is 0 Å². The molecule has 6 nitrogen and oxygen atoms in total. The summed E-state index contributed by atoms with van der Waals surface area (Å²) >= 11 is 0. The molecule has 2 aromatic rings. The van der Waals surface area contributed by atoms with Gasteiger partial charge in [0.1, 0.15) is 0 Å². The van der Waals surface area contributed by atoms with Crippen molar-refractivity contribution in [1.82, 2.24) is 4.72 Å². The first-order valence-electron chi connectivity index (χ1n) is 7.78. The molecule has 0 fully saturated rings. The lowest BCUT2D eigenvalue weighted by Crippen LogP contribution is -2.25. The number of nitrogens with two attached hydrogens (primary N) is 1. The van der Waals surface area contributed by atoms with E-state index in [0.29, 0.717) is 24.9 Å². The molecular weight excluding hydrogens is 360 g/mol. The van der Waals surface area contributed by atoms with Crippen LogP contribution in [0.4, 0.5) is 0 Å². The summed E-state index contributed by atoms with van der Waals surface area (Å²) in [4.78, 5) is 0.349. The first-order valence-corrected chi connectivity index (χ1v) is 10.8. The van der Waals surface area contributed by atoms with Crippen LogP contribution in [-0.4, -0.2) is 23.4 Å². The van der Waals surface area contributed by atoms with Crippen LogP contribution in [0.1, 0.15) is 23.1 Å². The minimum atomic E-state index is -3.69. The van der Waals surface area contributed by atoms with Crippen LogP contribution in [0, 0.1) is 13.8 Å². The van der Waals surface area contributed by atoms with Gasteiger partial charge in [-0.1, -0.05) is 29.8 Å². The fraction of sp³-hybridized carbons (Fsp3) is 0.294. The lowest BCUT2D eigenvalue weighted by molar-refractivity contribution is 0.578. The van der Waals surface area contributed by atoms with Crippen LogP contribution in [0.25, 0.3) is 0 Å². The van der Waals surface area contributed by atoms with Gasteiger partial charge in [0.05, 0.1) is 9.79 Å². The number of nitrogens with one attached hydrogen (secondary N) is 1. The van der Waals surface area contributed by atoms with Gasteiger partial charge in [0, 0.05) is 6.54 Å². The van der Waals surface area contributed by atoms with Crippen molar-refractivity contribution in [3.63, 3.8) is 0 Å². The number of hydrogen-bond donors (Lipinski definition) is 2. The van der Waals surface area contributed by atoms with E-state index in [2.05, 4.69) is 4.72 Å². The molecular formula is C17H22N2O4S2. The summed E-state index contributed by atoms with van der Waals surface area (Å²) in [5, 5.41) is 5.05. The molecule has 2 rings (SSSR count). The lowest BCUT2D eigenvalue weighted by Gasteiger charge is -2.10. The van der Waals surface area contributed by atoms with E-state index in [4.69, 9.17) is 5.14 Å². The quantitative estimate of drug-likeness (QED) is 0.713. The van der Waals surface area contributed by atoms with Gasteiger partial charge in [-0.05, 0) is 56.0 Å². The summed E-state index contributed by atoms with van der Waals surface area (Å²) in [5.41, 5.74) is 2.64. The third-order valence-corrected chi connectivity index (χ3v) is 6.36. The first kappa shape index (κ1) is 19.6. The Labute approximate surface area is 149 Å². The first-order chi connectivity index (χ1) is 11.6. The highest BCUT2D eigenvalue weighted by Crippen LogP contribution is 2.16. The van der Waals surface area contributed by atoms with Crippen molar-refractivity contribution >= 4 is 20.0 Å². The van der Waals surface area contributed by atoms with Gasteiger partial charge in [-0.15, -0.1) is 0 Å². The minimum absolute atomic E-state index is 0.0619. The predicted molar refractivity (Wildman–Crippen MR) is 97.2 cm³/mol. The molecule has 0 heterocycles. The van der Waals surface area contributed by atoms with Crippen LogP contribution in [0.15, 0.2) is 52.3 Å². The van der Waals surface area contributed by atoms with Crippen LogP contribution in [0.3, 0.4) is 0 Å². The highest BCUT2D eigenvalue weighted by Gasteiger charge is 2.15. The van der Waals surface area contributed by atoms with Crippen molar-refractivity contribution in [3.05, 3.63) is 59.2 Å². The number of hydrogen-bond acceptors (Lipinski definition) is 4. The summed E-state index contributed by atoms with van der Waals surface area (Å²) in [6.45, 7) is 3.99. The second-order valence-corrected chi connectivity index (χ2v) is 9.26.